The summed E-state index contributed by atoms with van der Waals surface area (Å²) in [6.45, 7) is 2.18. The smallest absolute Gasteiger partial charge is 0.254 e. The second-order valence-electron chi connectivity index (χ2n) is 8.74. The highest BCUT2D eigenvalue weighted by Crippen LogP contribution is 2.26. The first-order valence-corrected chi connectivity index (χ1v) is 13.0. The molecule has 1 aliphatic heterocycles. The molecule has 2 aliphatic rings. The molecular weight excluding hydrogens is 486 g/mol. The van der Waals surface area contributed by atoms with Gasteiger partial charge >= 0.3 is 0 Å². The molecule has 2 aromatic rings. The molecule has 1 saturated heterocycles. The molecule has 1 fully saturated rings. The third-order valence-corrected chi connectivity index (χ3v) is 7.61. The second kappa shape index (κ2) is 11.9. The molecule has 9 heteroatoms. The molecule has 35 heavy (non-hydrogen) atoms. The lowest BCUT2D eigenvalue weighted by atomic mass is 10.1. The minimum Gasteiger partial charge on any atom is -0.380 e. The first-order chi connectivity index (χ1) is 16.9. The van der Waals surface area contributed by atoms with Crippen LogP contribution in [0.3, 0.4) is 0 Å². The summed E-state index contributed by atoms with van der Waals surface area (Å²) in [7, 11) is 0. The van der Waals surface area contributed by atoms with Gasteiger partial charge in [-0.15, -0.1) is 11.3 Å². The van der Waals surface area contributed by atoms with Gasteiger partial charge in [0.25, 0.3) is 11.8 Å². The second-order valence-corrected chi connectivity index (χ2v) is 10.1. The molecule has 0 spiro atoms. The number of allylic oxidation sites excluding steroid dienone is 4. The fourth-order valence-electron chi connectivity index (χ4n) is 4.32. The summed E-state index contributed by atoms with van der Waals surface area (Å²) in [5.41, 5.74) is 3.41. The van der Waals surface area contributed by atoms with Gasteiger partial charge in [-0.25, -0.2) is 0 Å². The standard InChI is InChI=1S/C26H30ClN3O4S/c27-21-8-4-5-9-22(21)29-10-12-30(13-11-29)26(34)24(32)23(31)25(33)28-16-20-15-19(17-35-20)14-18-6-2-1-3-7-18/h1-4,6-8,15,17,23-24,31-32H,5,9-14,16H2,(H,28,33)/t23-,24-/m1/s1. The van der Waals surface area contributed by atoms with E-state index in [0.29, 0.717) is 26.2 Å². The quantitative estimate of drug-likeness (QED) is 0.502. The van der Waals surface area contributed by atoms with Crippen LogP contribution in [-0.4, -0.2) is 70.2 Å². The third kappa shape index (κ3) is 6.52. The Bertz CT molecular complexity index is 1090. The number of carbonyl (C=O) groups excluding carboxylic acids is 2. The predicted molar refractivity (Wildman–Crippen MR) is 137 cm³/mol. The van der Waals surface area contributed by atoms with E-state index in [-0.39, 0.29) is 6.54 Å². The number of hydrogen-bond acceptors (Lipinski definition) is 6. The highest BCUT2D eigenvalue weighted by molar-refractivity contribution is 7.10. The molecule has 2 heterocycles. The van der Waals surface area contributed by atoms with Gasteiger partial charge in [0.2, 0.25) is 0 Å². The zero-order chi connectivity index (χ0) is 24.8. The fourth-order valence-corrected chi connectivity index (χ4v) is 5.45. The molecule has 4 rings (SSSR count). The largest absolute Gasteiger partial charge is 0.380 e. The van der Waals surface area contributed by atoms with Crippen molar-refractivity contribution in [1.29, 1.82) is 0 Å². The van der Waals surface area contributed by atoms with Gasteiger partial charge in [0, 0.05) is 36.8 Å². The van der Waals surface area contributed by atoms with Crippen LogP contribution in [0.4, 0.5) is 0 Å². The van der Waals surface area contributed by atoms with Gasteiger partial charge in [-0.1, -0.05) is 48.0 Å². The van der Waals surface area contributed by atoms with E-state index < -0.39 is 24.0 Å². The predicted octanol–water partition coefficient (Wildman–Crippen LogP) is 2.62. The van der Waals surface area contributed by atoms with Crippen LogP contribution < -0.4 is 5.32 Å². The maximum atomic E-state index is 12.7. The van der Waals surface area contributed by atoms with Crippen LogP contribution in [0.1, 0.15) is 28.8 Å². The van der Waals surface area contributed by atoms with E-state index in [1.165, 1.54) is 21.8 Å². The molecule has 0 bridgehead atoms. The van der Waals surface area contributed by atoms with Crippen molar-refractivity contribution < 1.29 is 19.8 Å². The molecule has 0 saturated carbocycles. The Kier molecular flexibility index (Phi) is 8.62. The van der Waals surface area contributed by atoms with Crippen molar-refractivity contribution in [3.05, 3.63) is 80.7 Å². The van der Waals surface area contributed by atoms with Crippen molar-refractivity contribution in [3.63, 3.8) is 0 Å². The number of thiophene rings is 1. The number of amides is 2. The topological polar surface area (TPSA) is 93.1 Å². The zero-order valence-corrected chi connectivity index (χ0v) is 21.0. The van der Waals surface area contributed by atoms with E-state index in [1.54, 1.807) is 0 Å². The minimum atomic E-state index is -1.83. The molecule has 0 radical (unpaired) electrons. The Labute approximate surface area is 214 Å². The average Bonchev–Trinajstić information content (AvgIpc) is 3.34. The summed E-state index contributed by atoms with van der Waals surface area (Å²) >= 11 is 7.82. The number of benzene rings is 1. The molecule has 186 valence electrons. The van der Waals surface area contributed by atoms with E-state index >= 15 is 0 Å². The number of nitrogens with zero attached hydrogens (tertiary/aromatic N) is 2. The van der Waals surface area contributed by atoms with Gasteiger partial charge < -0.3 is 25.3 Å². The van der Waals surface area contributed by atoms with E-state index in [4.69, 9.17) is 11.6 Å². The van der Waals surface area contributed by atoms with Crippen LogP contribution in [0, 0.1) is 0 Å². The molecule has 1 aromatic carbocycles. The Balaban J connectivity index is 1.24. The van der Waals surface area contributed by atoms with E-state index in [1.807, 2.05) is 41.8 Å². The van der Waals surface area contributed by atoms with Crippen LogP contribution >= 0.6 is 22.9 Å². The number of aliphatic hydroxyl groups is 2. The number of aliphatic hydroxyl groups excluding tert-OH is 2. The van der Waals surface area contributed by atoms with Gasteiger partial charge in [0.15, 0.2) is 12.2 Å². The van der Waals surface area contributed by atoms with Crippen LogP contribution in [-0.2, 0) is 22.6 Å². The molecular formula is C26H30ClN3O4S. The normalized spacial score (nSPS) is 17.9. The molecule has 3 N–H and O–H groups in total. The molecule has 7 nitrogen and oxygen atoms in total. The van der Waals surface area contributed by atoms with Crippen molar-refractivity contribution >= 4 is 34.8 Å². The van der Waals surface area contributed by atoms with Crippen LogP contribution in [0.25, 0.3) is 0 Å². The highest BCUT2D eigenvalue weighted by Gasteiger charge is 2.35. The summed E-state index contributed by atoms with van der Waals surface area (Å²) in [6, 6.07) is 12.1. The Morgan fingerprint density at radius 3 is 2.51 bits per heavy atom. The van der Waals surface area contributed by atoms with Crippen LogP contribution in [0.2, 0.25) is 0 Å². The number of halogens is 1. The van der Waals surface area contributed by atoms with E-state index in [2.05, 4.69) is 22.3 Å². The Morgan fingerprint density at radius 1 is 1.06 bits per heavy atom. The fraction of sp³-hybridized carbons (Fsp3) is 0.385. The van der Waals surface area contributed by atoms with E-state index in [0.717, 1.165) is 40.4 Å². The number of carbonyl (C=O) groups is 2. The lowest BCUT2D eigenvalue weighted by Crippen LogP contribution is -2.55. The number of hydrogen-bond donors (Lipinski definition) is 3. The summed E-state index contributed by atoms with van der Waals surface area (Å²) in [5, 5.41) is 26.1. The van der Waals surface area contributed by atoms with Crippen molar-refractivity contribution in [1.82, 2.24) is 15.1 Å². The van der Waals surface area contributed by atoms with Crippen molar-refractivity contribution in [2.75, 3.05) is 26.2 Å². The third-order valence-electron chi connectivity index (χ3n) is 6.28. The maximum Gasteiger partial charge on any atom is 0.254 e. The number of piperazine rings is 1. The van der Waals surface area contributed by atoms with Crippen molar-refractivity contribution in [2.45, 2.75) is 38.0 Å². The zero-order valence-electron chi connectivity index (χ0n) is 19.4. The lowest BCUT2D eigenvalue weighted by molar-refractivity contribution is -0.154. The lowest BCUT2D eigenvalue weighted by Gasteiger charge is -2.39. The Hall–Kier alpha value is -2.65. The summed E-state index contributed by atoms with van der Waals surface area (Å²) in [6.07, 6.45) is 2.90. The average molecular weight is 516 g/mol. The van der Waals surface area contributed by atoms with Crippen molar-refractivity contribution in [3.8, 4) is 0 Å². The molecule has 1 aliphatic carbocycles. The summed E-state index contributed by atoms with van der Waals surface area (Å²) < 4.78 is 0. The van der Waals surface area contributed by atoms with Gasteiger partial charge in [0.1, 0.15) is 0 Å². The first-order valence-electron chi connectivity index (χ1n) is 11.8. The molecule has 2 amide bonds. The van der Waals surface area contributed by atoms with E-state index in [9.17, 15) is 19.8 Å². The van der Waals surface area contributed by atoms with Gasteiger partial charge in [-0.3, -0.25) is 9.59 Å². The maximum absolute atomic E-state index is 12.7. The Morgan fingerprint density at radius 2 is 1.80 bits per heavy atom. The van der Waals surface area contributed by atoms with Crippen LogP contribution in [0.15, 0.2) is 64.7 Å². The van der Waals surface area contributed by atoms with Gasteiger partial charge in [-0.05, 0) is 47.9 Å². The van der Waals surface area contributed by atoms with Gasteiger partial charge in [0.05, 0.1) is 11.6 Å². The summed E-state index contributed by atoms with van der Waals surface area (Å²) in [4.78, 5) is 29.7. The molecule has 0 unspecified atom stereocenters. The monoisotopic (exact) mass is 515 g/mol. The SMILES string of the molecule is O=C(NCc1cc(Cc2ccccc2)cs1)[C@H](O)[C@@H](O)C(=O)N1CCN(C2=C(Cl)C=CCC2)CC1. The molecule has 2 atom stereocenters. The highest BCUT2D eigenvalue weighted by atomic mass is 35.5. The number of rotatable bonds is 8. The molecule has 1 aromatic heterocycles. The number of nitrogens with one attached hydrogen (secondary N) is 1. The minimum absolute atomic E-state index is 0.221. The first kappa shape index (κ1) is 25.4. The summed E-state index contributed by atoms with van der Waals surface area (Å²) in [5.74, 6) is -1.41. The van der Waals surface area contributed by atoms with Gasteiger partial charge in [-0.2, -0.15) is 0 Å². The van der Waals surface area contributed by atoms with Crippen molar-refractivity contribution in [2.24, 2.45) is 0 Å². The van der Waals surface area contributed by atoms with Crippen LogP contribution in [0.5, 0.6) is 0 Å².